The van der Waals surface area contributed by atoms with E-state index >= 15 is 0 Å². The van der Waals surface area contributed by atoms with Crippen LogP contribution in [0.25, 0.3) is 0 Å². The van der Waals surface area contributed by atoms with Crippen molar-refractivity contribution in [1.82, 2.24) is 19.4 Å². The summed E-state index contributed by atoms with van der Waals surface area (Å²) in [6.07, 6.45) is 12.7. The van der Waals surface area contributed by atoms with Crippen LogP contribution in [-0.4, -0.2) is 32.0 Å². The number of aromatic nitrogens is 3. The third kappa shape index (κ3) is 3.07. The molecule has 3 rings (SSSR count). The summed E-state index contributed by atoms with van der Waals surface area (Å²) >= 11 is 0. The van der Waals surface area contributed by atoms with Crippen molar-refractivity contribution in [2.24, 2.45) is 7.05 Å². The van der Waals surface area contributed by atoms with E-state index in [2.05, 4.69) is 38.6 Å². The maximum Gasteiger partial charge on any atom is 0.122 e. The monoisotopic (exact) mass is 270 g/mol. The Balaban J connectivity index is 1.57. The first kappa shape index (κ1) is 13.3. The van der Waals surface area contributed by atoms with Crippen LogP contribution in [0.1, 0.15) is 30.7 Å². The number of nitrogens with zero attached hydrogens (tertiary/aromatic N) is 4. The van der Waals surface area contributed by atoms with Gasteiger partial charge in [-0.05, 0) is 49.9 Å². The smallest absolute Gasteiger partial charge is 0.122 e. The summed E-state index contributed by atoms with van der Waals surface area (Å²) in [4.78, 5) is 11.1. The van der Waals surface area contributed by atoms with Crippen molar-refractivity contribution in [3.8, 4) is 0 Å². The summed E-state index contributed by atoms with van der Waals surface area (Å²) in [6.45, 7) is 2.18. The molecule has 0 unspecified atom stereocenters. The third-order valence-electron chi connectivity index (χ3n) is 4.28. The van der Waals surface area contributed by atoms with E-state index in [1.807, 2.05) is 24.8 Å². The molecule has 0 radical (unpaired) electrons. The van der Waals surface area contributed by atoms with Gasteiger partial charge in [-0.3, -0.25) is 9.88 Å². The van der Waals surface area contributed by atoms with Gasteiger partial charge in [0.25, 0.3) is 0 Å². The highest BCUT2D eigenvalue weighted by atomic mass is 15.2. The average molecular weight is 270 g/mol. The summed E-state index contributed by atoms with van der Waals surface area (Å²) in [5.74, 6) is 1.17. The molecular weight excluding hydrogens is 248 g/mol. The predicted octanol–water partition coefficient (Wildman–Crippen LogP) is 2.41. The van der Waals surface area contributed by atoms with Crippen molar-refractivity contribution in [2.75, 3.05) is 6.54 Å². The van der Waals surface area contributed by atoms with E-state index in [0.29, 0.717) is 6.04 Å². The van der Waals surface area contributed by atoms with Gasteiger partial charge in [0, 0.05) is 37.9 Å². The van der Waals surface area contributed by atoms with Gasteiger partial charge in [-0.2, -0.15) is 0 Å². The Morgan fingerprint density at radius 1 is 1.25 bits per heavy atom. The normalized spacial score (nSPS) is 19.6. The minimum Gasteiger partial charge on any atom is -0.337 e. The Bertz CT molecular complexity index is 534. The lowest BCUT2D eigenvalue weighted by atomic mass is 10.0. The van der Waals surface area contributed by atoms with Crippen LogP contribution in [-0.2, 0) is 20.0 Å². The molecule has 20 heavy (non-hydrogen) atoms. The predicted molar refractivity (Wildman–Crippen MR) is 79.2 cm³/mol. The zero-order valence-corrected chi connectivity index (χ0v) is 12.1. The third-order valence-corrected chi connectivity index (χ3v) is 4.28. The van der Waals surface area contributed by atoms with Gasteiger partial charge in [0.2, 0.25) is 0 Å². The molecular formula is C16H22N4. The number of hydrogen-bond acceptors (Lipinski definition) is 3. The zero-order chi connectivity index (χ0) is 13.8. The summed E-state index contributed by atoms with van der Waals surface area (Å²) < 4.78 is 2.12. The first-order valence-electron chi connectivity index (χ1n) is 7.42. The molecule has 1 fully saturated rings. The van der Waals surface area contributed by atoms with Crippen LogP contribution in [0.2, 0.25) is 0 Å². The molecule has 0 bridgehead atoms. The molecule has 0 N–H and O–H groups in total. The second-order valence-electron chi connectivity index (χ2n) is 5.62. The van der Waals surface area contributed by atoms with Crippen molar-refractivity contribution in [3.05, 3.63) is 48.3 Å². The molecule has 0 aliphatic carbocycles. The van der Waals surface area contributed by atoms with Gasteiger partial charge >= 0.3 is 0 Å². The summed E-state index contributed by atoms with van der Waals surface area (Å²) in [5.41, 5.74) is 1.39. The van der Waals surface area contributed by atoms with Crippen molar-refractivity contribution < 1.29 is 0 Å². The molecule has 4 nitrogen and oxygen atoms in total. The lowest BCUT2D eigenvalue weighted by molar-refractivity contribution is 0.227. The molecule has 0 amide bonds. The van der Waals surface area contributed by atoms with Crippen molar-refractivity contribution in [3.63, 3.8) is 0 Å². The highest BCUT2D eigenvalue weighted by Gasteiger charge is 2.25. The highest BCUT2D eigenvalue weighted by molar-refractivity contribution is 5.10. The van der Waals surface area contributed by atoms with Gasteiger partial charge < -0.3 is 4.57 Å². The second-order valence-corrected chi connectivity index (χ2v) is 5.62. The summed E-state index contributed by atoms with van der Waals surface area (Å²) in [5, 5.41) is 0. The number of rotatable bonds is 5. The number of pyridine rings is 1. The standard InChI is InChI=1S/C16H22N4/c1-19-12-10-18-16(19)13-20-11-2-3-15(20)5-4-14-6-8-17-9-7-14/h6-10,12,15H,2-5,11,13H2,1H3/t15-/m1/s1. The van der Waals surface area contributed by atoms with Gasteiger partial charge in [0.1, 0.15) is 5.82 Å². The lowest BCUT2D eigenvalue weighted by Crippen LogP contribution is -2.30. The van der Waals surface area contributed by atoms with Gasteiger partial charge in [-0.15, -0.1) is 0 Å². The van der Waals surface area contributed by atoms with Crippen LogP contribution in [0.15, 0.2) is 36.9 Å². The van der Waals surface area contributed by atoms with Crippen LogP contribution < -0.4 is 0 Å². The van der Waals surface area contributed by atoms with E-state index in [4.69, 9.17) is 0 Å². The maximum atomic E-state index is 4.45. The van der Waals surface area contributed by atoms with E-state index in [-0.39, 0.29) is 0 Å². The topological polar surface area (TPSA) is 34.0 Å². The molecule has 1 saturated heterocycles. The van der Waals surface area contributed by atoms with Crippen LogP contribution in [0, 0.1) is 0 Å². The summed E-state index contributed by atoms with van der Waals surface area (Å²) in [6, 6.07) is 4.94. The van der Waals surface area contributed by atoms with Gasteiger partial charge in [0.15, 0.2) is 0 Å². The minimum absolute atomic E-state index is 0.694. The molecule has 1 atom stereocenters. The molecule has 2 aromatic heterocycles. The van der Waals surface area contributed by atoms with Crippen LogP contribution >= 0.6 is 0 Å². The molecule has 1 aliphatic rings. The van der Waals surface area contributed by atoms with Crippen molar-refractivity contribution in [1.29, 1.82) is 0 Å². The Morgan fingerprint density at radius 2 is 2.10 bits per heavy atom. The lowest BCUT2D eigenvalue weighted by Gasteiger charge is -2.24. The largest absolute Gasteiger partial charge is 0.337 e. The van der Waals surface area contributed by atoms with Crippen LogP contribution in [0.5, 0.6) is 0 Å². The quantitative estimate of drug-likeness (QED) is 0.836. The molecule has 0 spiro atoms. The number of imidazole rings is 1. The van der Waals surface area contributed by atoms with E-state index in [0.717, 1.165) is 13.0 Å². The Hall–Kier alpha value is -1.68. The van der Waals surface area contributed by atoms with E-state index < -0.39 is 0 Å². The Labute approximate surface area is 120 Å². The minimum atomic E-state index is 0.694. The van der Waals surface area contributed by atoms with Crippen LogP contribution in [0.3, 0.4) is 0 Å². The van der Waals surface area contributed by atoms with Crippen LogP contribution in [0.4, 0.5) is 0 Å². The molecule has 0 aromatic carbocycles. The SMILES string of the molecule is Cn1ccnc1CN1CCC[C@@H]1CCc1ccncc1. The fourth-order valence-corrected chi connectivity index (χ4v) is 3.04. The molecule has 0 saturated carbocycles. The van der Waals surface area contributed by atoms with Gasteiger partial charge in [-0.1, -0.05) is 0 Å². The summed E-state index contributed by atoms with van der Waals surface area (Å²) in [7, 11) is 2.07. The molecule has 2 aromatic rings. The van der Waals surface area contributed by atoms with Gasteiger partial charge in [0.05, 0.1) is 6.54 Å². The number of aryl methyl sites for hydroxylation is 2. The molecule has 106 valence electrons. The second kappa shape index (κ2) is 6.18. The first-order chi connectivity index (χ1) is 9.83. The zero-order valence-electron chi connectivity index (χ0n) is 12.1. The van der Waals surface area contributed by atoms with Crippen molar-refractivity contribution in [2.45, 2.75) is 38.3 Å². The van der Waals surface area contributed by atoms with Gasteiger partial charge in [-0.25, -0.2) is 4.98 Å². The molecule has 4 heteroatoms. The number of hydrogen-bond donors (Lipinski definition) is 0. The molecule has 1 aliphatic heterocycles. The average Bonchev–Trinajstić information content (AvgIpc) is 3.08. The maximum absolute atomic E-state index is 4.45. The van der Waals surface area contributed by atoms with E-state index in [9.17, 15) is 0 Å². The number of likely N-dealkylation sites (tertiary alicyclic amines) is 1. The Kier molecular flexibility index (Phi) is 4.11. The molecule has 3 heterocycles. The highest BCUT2D eigenvalue weighted by Crippen LogP contribution is 2.23. The van der Waals surface area contributed by atoms with Crippen molar-refractivity contribution >= 4 is 0 Å². The van der Waals surface area contributed by atoms with E-state index in [1.165, 1.54) is 37.2 Å². The fraction of sp³-hybridized carbons (Fsp3) is 0.500. The Morgan fingerprint density at radius 3 is 2.85 bits per heavy atom. The van der Waals surface area contributed by atoms with E-state index in [1.54, 1.807) is 0 Å². The first-order valence-corrected chi connectivity index (χ1v) is 7.42. The fourth-order valence-electron chi connectivity index (χ4n) is 3.04.